The highest BCUT2D eigenvalue weighted by atomic mass is 32.2. The van der Waals surface area contributed by atoms with Gasteiger partial charge in [0.05, 0.1) is 10.6 Å². The summed E-state index contributed by atoms with van der Waals surface area (Å²) < 4.78 is 23.0. The Kier molecular flexibility index (Phi) is 4.20. The maximum absolute atomic E-state index is 11.5. The number of carbonyl (C=O) groups is 1. The fourth-order valence-electron chi connectivity index (χ4n) is 1.29. The summed E-state index contributed by atoms with van der Waals surface area (Å²) in [5, 5.41) is 0. The number of hydrogen-bond acceptors (Lipinski definition) is 4. The van der Waals surface area contributed by atoms with Crippen molar-refractivity contribution in [1.82, 2.24) is 0 Å². The topological polar surface area (TPSA) is 77.2 Å². The molecule has 1 rings (SSSR count). The molecule has 16 heavy (non-hydrogen) atoms. The third-order valence-corrected chi connectivity index (χ3v) is 4.04. The van der Waals surface area contributed by atoms with Gasteiger partial charge in [-0.25, -0.2) is 8.42 Å². The van der Waals surface area contributed by atoms with E-state index in [9.17, 15) is 13.2 Å². The van der Waals surface area contributed by atoms with E-state index >= 15 is 0 Å². The molecule has 0 aromatic heterocycles. The molecule has 0 spiro atoms. The van der Waals surface area contributed by atoms with Crippen LogP contribution in [-0.4, -0.2) is 26.5 Å². The molecule has 0 saturated heterocycles. The average molecular weight is 241 g/mol. The van der Waals surface area contributed by atoms with Gasteiger partial charge in [0.2, 0.25) is 0 Å². The molecule has 0 amide bonds. The van der Waals surface area contributed by atoms with Crippen molar-refractivity contribution in [3.63, 3.8) is 0 Å². The minimum atomic E-state index is -3.19. The molecule has 1 aromatic rings. The van der Waals surface area contributed by atoms with Crippen molar-refractivity contribution in [2.45, 2.75) is 18.2 Å². The summed E-state index contributed by atoms with van der Waals surface area (Å²) in [5.74, 6) is -0.00809. The SMILES string of the molecule is CCS(=O)(=O)c1ccc(C(=O)CCN)cc1. The van der Waals surface area contributed by atoms with Crippen LogP contribution in [0.5, 0.6) is 0 Å². The molecule has 0 aliphatic rings. The first-order valence-corrected chi connectivity index (χ1v) is 6.72. The van der Waals surface area contributed by atoms with Gasteiger partial charge >= 0.3 is 0 Å². The number of benzene rings is 1. The lowest BCUT2D eigenvalue weighted by atomic mass is 10.1. The second-order valence-electron chi connectivity index (χ2n) is 3.39. The third kappa shape index (κ3) is 2.90. The van der Waals surface area contributed by atoms with Gasteiger partial charge in [-0.15, -0.1) is 0 Å². The molecule has 2 N–H and O–H groups in total. The minimum Gasteiger partial charge on any atom is -0.330 e. The van der Waals surface area contributed by atoms with E-state index in [0.29, 0.717) is 12.1 Å². The van der Waals surface area contributed by atoms with E-state index in [1.54, 1.807) is 6.92 Å². The number of Topliss-reactive ketones (excluding diaryl/α,β-unsaturated/α-hetero) is 1. The quantitative estimate of drug-likeness (QED) is 0.780. The summed E-state index contributed by atoms with van der Waals surface area (Å²) >= 11 is 0. The van der Waals surface area contributed by atoms with Crippen LogP contribution < -0.4 is 5.73 Å². The van der Waals surface area contributed by atoms with Gasteiger partial charge in [-0.2, -0.15) is 0 Å². The molecule has 1 aromatic carbocycles. The fourth-order valence-corrected chi connectivity index (χ4v) is 2.17. The molecule has 0 bridgehead atoms. The Hall–Kier alpha value is -1.20. The van der Waals surface area contributed by atoms with Crippen LogP contribution in [0.2, 0.25) is 0 Å². The highest BCUT2D eigenvalue weighted by molar-refractivity contribution is 7.91. The smallest absolute Gasteiger partial charge is 0.178 e. The molecule has 0 heterocycles. The molecular weight excluding hydrogens is 226 g/mol. The van der Waals surface area contributed by atoms with Crippen molar-refractivity contribution in [3.05, 3.63) is 29.8 Å². The van der Waals surface area contributed by atoms with E-state index in [4.69, 9.17) is 5.73 Å². The molecule has 88 valence electrons. The van der Waals surface area contributed by atoms with E-state index < -0.39 is 9.84 Å². The normalized spacial score (nSPS) is 11.4. The second-order valence-corrected chi connectivity index (χ2v) is 5.67. The Morgan fingerprint density at radius 1 is 1.25 bits per heavy atom. The lowest BCUT2D eigenvalue weighted by Crippen LogP contribution is -2.09. The van der Waals surface area contributed by atoms with Crippen LogP contribution in [-0.2, 0) is 9.84 Å². The third-order valence-electron chi connectivity index (χ3n) is 2.29. The van der Waals surface area contributed by atoms with Crippen molar-refractivity contribution in [2.75, 3.05) is 12.3 Å². The summed E-state index contributed by atoms with van der Waals surface area (Å²) in [5.41, 5.74) is 5.77. The van der Waals surface area contributed by atoms with E-state index in [0.717, 1.165) is 0 Å². The Morgan fingerprint density at radius 3 is 2.25 bits per heavy atom. The van der Waals surface area contributed by atoms with Crippen molar-refractivity contribution in [1.29, 1.82) is 0 Å². The first kappa shape index (κ1) is 12.9. The van der Waals surface area contributed by atoms with Gasteiger partial charge in [-0.05, 0) is 18.7 Å². The first-order valence-electron chi connectivity index (χ1n) is 5.07. The van der Waals surface area contributed by atoms with Crippen molar-refractivity contribution in [2.24, 2.45) is 5.73 Å². The molecular formula is C11H15NO3S. The van der Waals surface area contributed by atoms with Crippen LogP contribution in [0.15, 0.2) is 29.2 Å². The predicted octanol–water partition coefficient (Wildman–Crippen LogP) is 1.01. The van der Waals surface area contributed by atoms with Gasteiger partial charge in [0, 0.05) is 12.0 Å². The number of hydrogen-bond donors (Lipinski definition) is 1. The summed E-state index contributed by atoms with van der Waals surface area (Å²) in [7, 11) is -3.19. The van der Waals surface area contributed by atoms with Gasteiger partial charge in [0.25, 0.3) is 0 Å². The highest BCUT2D eigenvalue weighted by Gasteiger charge is 2.12. The monoisotopic (exact) mass is 241 g/mol. The standard InChI is InChI=1S/C11H15NO3S/c1-2-16(14,15)10-5-3-9(4-6-10)11(13)7-8-12/h3-6H,2,7-8,12H2,1H3. The van der Waals surface area contributed by atoms with Crippen molar-refractivity contribution < 1.29 is 13.2 Å². The van der Waals surface area contributed by atoms with Crippen molar-refractivity contribution in [3.8, 4) is 0 Å². The van der Waals surface area contributed by atoms with Crippen LogP contribution in [0.3, 0.4) is 0 Å². The summed E-state index contributed by atoms with van der Waals surface area (Å²) in [6, 6.07) is 5.98. The van der Waals surface area contributed by atoms with Crippen LogP contribution in [0.25, 0.3) is 0 Å². The summed E-state index contributed by atoms with van der Waals surface area (Å²) in [4.78, 5) is 11.7. The maximum atomic E-state index is 11.5. The zero-order valence-corrected chi connectivity index (χ0v) is 9.96. The van der Waals surface area contributed by atoms with Gasteiger partial charge < -0.3 is 5.73 Å². The van der Waals surface area contributed by atoms with Gasteiger partial charge in [-0.3, -0.25) is 4.79 Å². The molecule has 4 nitrogen and oxygen atoms in total. The maximum Gasteiger partial charge on any atom is 0.178 e. The molecule has 0 aliphatic heterocycles. The zero-order valence-electron chi connectivity index (χ0n) is 9.14. The Labute approximate surface area is 95.4 Å². The van der Waals surface area contributed by atoms with Gasteiger partial charge in [0.1, 0.15) is 0 Å². The molecule has 0 atom stereocenters. The second kappa shape index (κ2) is 5.23. The number of sulfone groups is 1. The average Bonchev–Trinajstić information content (AvgIpc) is 2.29. The van der Waals surface area contributed by atoms with E-state index in [1.807, 2.05) is 0 Å². The lowest BCUT2D eigenvalue weighted by Gasteiger charge is -2.03. The molecule has 5 heteroatoms. The molecule has 0 aliphatic carbocycles. The number of nitrogens with two attached hydrogens (primary N) is 1. The van der Waals surface area contributed by atoms with Crippen LogP contribution in [0.4, 0.5) is 0 Å². The Balaban J connectivity index is 2.96. The predicted molar refractivity (Wildman–Crippen MR) is 62.2 cm³/mol. The fraction of sp³-hybridized carbons (Fsp3) is 0.364. The molecule has 0 fully saturated rings. The molecule has 0 radical (unpaired) electrons. The lowest BCUT2D eigenvalue weighted by molar-refractivity contribution is 0.0985. The van der Waals surface area contributed by atoms with Gasteiger partial charge in [0.15, 0.2) is 15.6 Å². The largest absolute Gasteiger partial charge is 0.330 e. The number of ketones is 1. The minimum absolute atomic E-state index is 0.0586. The van der Waals surface area contributed by atoms with E-state index in [-0.39, 0.29) is 22.9 Å². The van der Waals surface area contributed by atoms with E-state index in [1.165, 1.54) is 24.3 Å². The van der Waals surface area contributed by atoms with Crippen LogP contribution in [0, 0.1) is 0 Å². The summed E-state index contributed by atoms with van der Waals surface area (Å²) in [6.07, 6.45) is 0.278. The summed E-state index contributed by atoms with van der Waals surface area (Å²) in [6.45, 7) is 1.89. The highest BCUT2D eigenvalue weighted by Crippen LogP contribution is 2.13. The number of rotatable bonds is 5. The van der Waals surface area contributed by atoms with Gasteiger partial charge in [-0.1, -0.05) is 19.1 Å². The Bertz CT molecular complexity index is 463. The number of carbonyl (C=O) groups excluding carboxylic acids is 1. The first-order chi connectivity index (χ1) is 7.51. The van der Waals surface area contributed by atoms with E-state index in [2.05, 4.69) is 0 Å². The van der Waals surface area contributed by atoms with Crippen LogP contribution >= 0.6 is 0 Å². The van der Waals surface area contributed by atoms with Crippen molar-refractivity contribution >= 4 is 15.6 Å². The zero-order chi connectivity index (χ0) is 12.2. The van der Waals surface area contributed by atoms with Crippen LogP contribution in [0.1, 0.15) is 23.7 Å². The Morgan fingerprint density at radius 2 is 1.81 bits per heavy atom. The molecule has 0 unspecified atom stereocenters. The molecule has 0 saturated carbocycles.